The Morgan fingerprint density at radius 2 is 2.06 bits per heavy atom. The van der Waals surface area contributed by atoms with Crippen molar-refractivity contribution in [2.45, 2.75) is 0 Å². The molecule has 1 saturated heterocycles. The Kier molecular flexibility index (Phi) is 4.92. The zero-order valence-electron chi connectivity index (χ0n) is 10.4. The van der Waals surface area contributed by atoms with E-state index in [1.807, 2.05) is 24.3 Å². The van der Waals surface area contributed by atoms with Crippen molar-refractivity contribution in [1.82, 2.24) is 4.90 Å². The van der Waals surface area contributed by atoms with Crippen LogP contribution in [0.1, 0.15) is 5.56 Å². The minimum atomic E-state index is 0.435. The number of benzene rings is 1. The predicted molar refractivity (Wildman–Crippen MR) is 78.1 cm³/mol. The lowest BCUT2D eigenvalue weighted by Gasteiger charge is -2.26. The molecule has 1 fully saturated rings. The Balaban J connectivity index is 1.84. The van der Waals surface area contributed by atoms with Gasteiger partial charge in [0.05, 0.1) is 13.2 Å². The molecule has 98 valence electrons. The molecule has 0 spiro atoms. The number of nitrogens with two attached hydrogens (primary N) is 1. The van der Waals surface area contributed by atoms with E-state index < -0.39 is 0 Å². The van der Waals surface area contributed by atoms with Gasteiger partial charge in [-0.3, -0.25) is 4.90 Å². The number of para-hydroxylation sites is 1. The van der Waals surface area contributed by atoms with E-state index in [-0.39, 0.29) is 0 Å². The molecule has 1 aliphatic rings. The largest absolute Gasteiger partial charge is 0.389 e. The number of morpholine rings is 1. The van der Waals surface area contributed by atoms with Crippen LogP contribution in [-0.2, 0) is 4.74 Å². The highest BCUT2D eigenvalue weighted by Crippen LogP contribution is 2.14. The van der Waals surface area contributed by atoms with Gasteiger partial charge in [-0.2, -0.15) is 0 Å². The average Bonchev–Trinajstić information content (AvgIpc) is 2.40. The number of thiocarbonyl (C=S) groups is 1. The van der Waals surface area contributed by atoms with Crippen LogP contribution in [0.5, 0.6) is 0 Å². The summed E-state index contributed by atoms with van der Waals surface area (Å²) in [6, 6.07) is 7.88. The van der Waals surface area contributed by atoms with Gasteiger partial charge in [0.15, 0.2) is 0 Å². The van der Waals surface area contributed by atoms with Crippen molar-refractivity contribution in [3.63, 3.8) is 0 Å². The van der Waals surface area contributed by atoms with Crippen molar-refractivity contribution in [1.29, 1.82) is 0 Å². The number of hydrogen-bond acceptors (Lipinski definition) is 4. The second-order valence-electron chi connectivity index (χ2n) is 4.29. The van der Waals surface area contributed by atoms with Gasteiger partial charge in [-0.1, -0.05) is 24.4 Å². The average molecular weight is 265 g/mol. The minimum Gasteiger partial charge on any atom is -0.389 e. The molecule has 1 aliphatic heterocycles. The number of rotatable bonds is 5. The molecule has 0 radical (unpaired) electrons. The van der Waals surface area contributed by atoms with Crippen LogP contribution in [-0.4, -0.2) is 49.3 Å². The third kappa shape index (κ3) is 3.66. The van der Waals surface area contributed by atoms with Gasteiger partial charge in [0, 0.05) is 37.4 Å². The van der Waals surface area contributed by atoms with E-state index in [4.69, 9.17) is 22.7 Å². The van der Waals surface area contributed by atoms with Crippen LogP contribution >= 0.6 is 12.2 Å². The Morgan fingerprint density at radius 3 is 2.78 bits per heavy atom. The van der Waals surface area contributed by atoms with Crippen molar-refractivity contribution in [3.8, 4) is 0 Å². The first-order valence-corrected chi connectivity index (χ1v) is 6.61. The molecule has 3 N–H and O–H groups in total. The SMILES string of the molecule is NC(=S)c1ccccc1NCCN1CCOCC1. The Labute approximate surface area is 113 Å². The summed E-state index contributed by atoms with van der Waals surface area (Å²) >= 11 is 5.04. The van der Waals surface area contributed by atoms with Gasteiger partial charge < -0.3 is 15.8 Å². The lowest BCUT2D eigenvalue weighted by molar-refractivity contribution is 0.0398. The lowest BCUT2D eigenvalue weighted by Crippen LogP contribution is -2.39. The van der Waals surface area contributed by atoms with Crippen LogP contribution < -0.4 is 11.1 Å². The molecule has 0 bridgehead atoms. The van der Waals surface area contributed by atoms with Gasteiger partial charge in [0.2, 0.25) is 0 Å². The minimum absolute atomic E-state index is 0.435. The fourth-order valence-corrected chi connectivity index (χ4v) is 2.20. The first kappa shape index (κ1) is 13.3. The van der Waals surface area contributed by atoms with Crippen molar-refractivity contribution in [2.24, 2.45) is 5.73 Å². The maximum atomic E-state index is 5.69. The molecule has 1 aromatic rings. The standard InChI is InChI=1S/C13H19N3OS/c14-13(18)11-3-1-2-4-12(11)15-5-6-16-7-9-17-10-8-16/h1-4,15H,5-10H2,(H2,14,18). The van der Waals surface area contributed by atoms with Gasteiger partial charge in [-0.25, -0.2) is 0 Å². The molecule has 0 saturated carbocycles. The van der Waals surface area contributed by atoms with E-state index in [1.165, 1.54) is 0 Å². The molecule has 4 nitrogen and oxygen atoms in total. The van der Waals surface area contributed by atoms with Gasteiger partial charge in [0.25, 0.3) is 0 Å². The fraction of sp³-hybridized carbons (Fsp3) is 0.462. The molecule has 1 aromatic carbocycles. The van der Waals surface area contributed by atoms with E-state index in [9.17, 15) is 0 Å². The summed E-state index contributed by atoms with van der Waals surface area (Å²) in [4.78, 5) is 2.82. The van der Waals surface area contributed by atoms with Crippen molar-refractivity contribution in [3.05, 3.63) is 29.8 Å². The summed E-state index contributed by atoms with van der Waals surface area (Å²) in [5.41, 5.74) is 7.62. The van der Waals surface area contributed by atoms with Crippen LogP contribution in [0, 0.1) is 0 Å². The molecular weight excluding hydrogens is 246 g/mol. The summed E-state index contributed by atoms with van der Waals surface area (Å²) in [7, 11) is 0. The highest BCUT2D eigenvalue weighted by molar-refractivity contribution is 7.80. The Hall–Kier alpha value is -1.17. The van der Waals surface area contributed by atoms with Crippen LogP contribution in [0.2, 0.25) is 0 Å². The number of nitrogens with one attached hydrogen (secondary N) is 1. The molecular formula is C13H19N3OS. The summed E-state index contributed by atoms with van der Waals surface area (Å²) < 4.78 is 5.32. The van der Waals surface area contributed by atoms with Crippen LogP contribution in [0.15, 0.2) is 24.3 Å². The van der Waals surface area contributed by atoms with Gasteiger partial charge >= 0.3 is 0 Å². The van der Waals surface area contributed by atoms with E-state index in [0.717, 1.165) is 50.6 Å². The Morgan fingerprint density at radius 1 is 1.33 bits per heavy atom. The molecule has 18 heavy (non-hydrogen) atoms. The highest BCUT2D eigenvalue weighted by atomic mass is 32.1. The first-order chi connectivity index (χ1) is 8.77. The van der Waals surface area contributed by atoms with E-state index in [0.29, 0.717) is 4.99 Å². The van der Waals surface area contributed by atoms with Crippen molar-refractivity contribution >= 4 is 22.9 Å². The van der Waals surface area contributed by atoms with Gasteiger partial charge in [0.1, 0.15) is 4.99 Å². The van der Waals surface area contributed by atoms with Crippen molar-refractivity contribution < 1.29 is 4.74 Å². The molecule has 0 amide bonds. The summed E-state index contributed by atoms with van der Waals surface area (Å²) in [6.07, 6.45) is 0. The van der Waals surface area contributed by atoms with E-state index in [1.54, 1.807) is 0 Å². The molecule has 1 heterocycles. The number of nitrogens with zero attached hydrogens (tertiary/aromatic N) is 1. The Bertz CT molecular complexity index is 405. The molecule has 0 aromatic heterocycles. The maximum Gasteiger partial charge on any atom is 0.106 e. The van der Waals surface area contributed by atoms with Crippen LogP contribution in [0.25, 0.3) is 0 Å². The normalized spacial score (nSPS) is 16.4. The van der Waals surface area contributed by atoms with E-state index >= 15 is 0 Å². The second-order valence-corrected chi connectivity index (χ2v) is 4.73. The zero-order chi connectivity index (χ0) is 12.8. The number of hydrogen-bond donors (Lipinski definition) is 2. The molecule has 0 aliphatic carbocycles. The number of ether oxygens (including phenoxy) is 1. The van der Waals surface area contributed by atoms with Gasteiger partial charge in [-0.05, 0) is 12.1 Å². The highest BCUT2D eigenvalue weighted by Gasteiger charge is 2.10. The predicted octanol–water partition coefficient (Wildman–Crippen LogP) is 1.06. The number of anilines is 1. The van der Waals surface area contributed by atoms with Crippen LogP contribution in [0.3, 0.4) is 0 Å². The summed E-state index contributed by atoms with van der Waals surface area (Å²) in [6.45, 7) is 5.60. The van der Waals surface area contributed by atoms with Gasteiger partial charge in [-0.15, -0.1) is 0 Å². The monoisotopic (exact) mass is 265 g/mol. The first-order valence-electron chi connectivity index (χ1n) is 6.20. The summed E-state index contributed by atoms with van der Waals surface area (Å²) in [5, 5.41) is 3.39. The third-order valence-electron chi connectivity index (χ3n) is 3.04. The smallest absolute Gasteiger partial charge is 0.106 e. The molecule has 0 atom stereocenters. The van der Waals surface area contributed by atoms with Crippen molar-refractivity contribution in [2.75, 3.05) is 44.7 Å². The maximum absolute atomic E-state index is 5.69. The molecule has 5 heteroatoms. The quantitative estimate of drug-likeness (QED) is 0.780. The summed E-state index contributed by atoms with van der Waals surface area (Å²) in [5.74, 6) is 0. The van der Waals surface area contributed by atoms with Crippen LogP contribution in [0.4, 0.5) is 5.69 Å². The second kappa shape index (κ2) is 6.68. The topological polar surface area (TPSA) is 50.5 Å². The lowest BCUT2D eigenvalue weighted by atomic mass is 10.2. The third-order valence-corrected chi connectivity index (χ3v) is 3.26. The van der Waals surface area contributed by atoms with E-state index in [2.05, 4.69) is 10.2 Å². The fourth-order valence-electron chi connectivity index (χ4n) is 2.03. The zero-order valence-corrected chi connectivity index (χ0v) is 11.2. The molecule has 0 unspecified atom stereocenters. The molecule has 2 rings (SSSR count).